The lowest BCUT2D eigenvalue weighted by molar-refractivity contribution is 0.601. The standard InChI is InChI=1S/C13H12BrClN2O2S/c1-16-11-4-2-3-5-13(11)20(18,19)17-12-8-9(14)6-7-10(12)15/h2-8,16-17H,1H3. The van der Waals surface area contributed by atoms with Crippen LogP contribution in [0.2, 0.25) is 5.02 Å². The van der Waals surface area contributed by atoms with E-state index in [2.05, 4.69) is 26.0 Å². The Balaban J connectivity index is 2.43. The lowest BCUT2D eigenvalue weighted by Crippen LogP contribution is -2.15. The van der Waals surface area contributed by atoms with E-state index in [0.29, 0.717) is 16.4 Å². The fraction of sp³-hybridized carbons (Fsp3) is 0.0769. The lowest BCUT2D eigenvalue weighted by Gasteiger charge is -2.13. The number of rotatable bonds is 4. The van der Waals surface area contributed by atoms with Crippen LogP contribution >= 0.6 is 27.5 Å². The molecule has 0 fully saturated rings. The van der Waals surface area contributed by atoms with Crippen LogP contribution in [0.1, 0.15) is 0 Å². The van der Waals surface area contributed by atoms with E-state index in [1.165, 1.54) is 6.07 Å². The van der Waals surface area contributed by atoms with Crippen LogP contribution in [0, 0.1) is 0 Å². The second kappa shape index (κ2) is 6.03. The molecule has 0 saturated carbocycles. The first-order valence-corrected chi connectivity index (χ1v) is 8.34. The molecule has 0 heterocycles. The average molecular weight is 376 g/mol. The van der Waals surface area contributed by atoms with Gasteiger partial charge in [0.1, 0.15) is 4.90 Å². The Labute approximate surface area is 131 Å². The smallest absolute Gasteiger partial charge is 0.263 e. The molecular weight excluding hydrogens is 364 g/mol. The molecule has 0 aliphatic carbocycles. The number of para-hydroxylation sites is 1. The summed E-state index contributed by atoms with van der Waals surface area (Å²) in [5, 5.41) is 3.18. The Morgan fingerprint density at radius 1 is 1.10 bits per heavy atom. The van der Waals surface area contributed by atoms with Gasteiger partial charge in [-0.1, -0.05) is 39.7 Å². The van der Waals surface area contributed by atoms with Crippen LogP contribution in [0.25, 0.3) is 0 Å². The maximum absolute atomic E-state index is 12.4. The summed E-state index contributed by atoms with van der Waals surface area (Å²) in [5.74, 6) is 0. The van der Waals surface area contributed by atoms with Gasteiger partial charge in [-0.25, -0.2) is 8.42 Å². The Morgan fingerprint density at radius 3 is 2.50 bits per heavy atom. The van der Waals surface area contributed by atoms with Crippen molar-refractivity contribution < 1.29 is 8.42 Å². The number of benzene rings is 2. The molecule has 7 heteroatoms. The summed E-state index contributed by atoms with van der Waals surface area (Å²) in [5.41, 5.74) is 0.845. The minimum atomic E-state index is -3.71. The van der Waals surface area contributed by atoms with Crippen LogP contribution in [0.5, 0.6) is 0 Å². The zero-order chi connectivity index (χ0) is 14.8. The van der Waals surface area contributed by atoms with E-state index in [0.717, 1.165) is 4.47 Å². The van der Waals surface area contributed by atoms with Crippen molar-refractivity contribution in [2.24, 2.45) is 0 Å². The third kappa shape index (κ3) is 3.26. The van der Waals surface area contributed by atoms with Crippen LogP contribution in [0.3, 0.4) is 0 Å². The van der Waals surface area contributed by atoms with Crippen molar-refractivity contribution in [3.05, 3.63) is 52.0 Å². The van der Waals surface area contributed by atoms with Crippen LogP contribution < -0.4 is 10.0 Å². The average Bonchev–Trinajstić information content (AvgIpc) is 2.42. The zero-order valence-electron chi connectivity index (χ0n) is 10.5. The van der Waals surface area contributed by atoms with E-state index < -0.39 is 10.0 Å². The van der Waals surface area contributed by atoms with Crippen molar-refractivity contribution in [1.29, 1.82) is 0 Å². The van der Waals surface area contributed by atoms with Crippen molar-refractivity contribution in [3.63, 3.8) is 0 Å². The summed E-state index contributed by atoms with van der Waals surface area (Å²) >= 11 is 9.28. The monoisotopic (exact) mass is 374 g/mol. The highest BCUT2D eigenvalue weighted by atomic mass is 79.9. The van der Waals surface area contributed by atoms with Gasteiger partial charge >= 0.3 is 0 Å². The summed E-state index contributed by atoms with van der Waals surface area (Å²) in [7, 11) is -2.05. The molecule has 0 bridgehead atoms. The summed E-state index contributed by atoms with van der Waals surface area (Å²) in [6.45, 7) is 0. The Hall–Kier alpha value is -1.24. The number of hydrogen-bond acceptors (Lipinski definition) is 3. The predicted octanol–water partition coefficient (Wildman–Crippen LogP) is 3.95. The molecule has 0 spiro atoms. The van der Waals surface area contributed by atoms with Gasteiger partial charge in [0.25, 0.3) is 10.0 Å². The Bertz CT molecular complexity index is 735. The molecule has 2 aromatic carbocycles. The lowest BCUT2D eigenvalue weighted by atomic mass is 10.3. The molecule has 0 aromatic heterocycles. The summed E-state index contributed by atoms with van der Waals surface area (Å²) in [4.78, 5) is 0.165. The highest BCUT2D eigenvalue weighted by molar-refractivity contribution is 9.10. The molecule has 0 saturated heterocycles. The predicted molar refractivity (Wildman–Crippen MR) is 85.9 cm³/mol. The fourth-order valence-electron chi connectivity index (χ4n) is 1.68. The van der Waals surface area contributed by atoms with Crippen molar-refractivity contribution in [1.82, 2.24) is 0 Å². The molecule has 0 radical (unpaired) electrons. The second-order valence-electron chi connectivity index (χ2n) is 3.98. The molecular formula is C13H12BrClN2O2S. The number of sulfonamides is 1. The molecule has 2 rings (SSSR count). The molecule has 0 aliphatic heterocycles. The summed E-state index contributed by atoms with van der Waals surface area (Å²) < 4.78 is 28.1. The molecule has 2 N–H and O–H groups in total. The van der Waals surface area contributed by atoms with E-state index >= 15 is 0 Å². The minimum absolute atomic E-state index is 0.165. The number of hydrogen-bond donors (Lipinski definition) is 2. The van der Waals surface area contributed by atoms with Gasteiger partial charge in [-0.15, -0.1) is 0 Å². The largest absolute Gasteiger partial charge is 0.387 e. The first kappa shape index (κ1) is 15.2. The first-order chi connectivity index (χ1) is 9.44. The molecule has 0 amide bonds. The topological polar surface area (TPSA) is 58.2 Å². The highest BCUT2D eigenvalue weighted by Gasteiger charge is 2.19. The summed E-state index contributed by atoms with van der Waals surface area (Å²) in [6.07, 6.45) is 0. The van der Waals surface area contributed by atoms with E-state index in [-0.39, 0.29) is 4.90 Å². The van der Waals surface area contributed by atoms with Gasteiger partial charge in [0.2, 0.25) is 0 Å². The molecule has 106 valence electrons. The fourth-order valence-corrected chi connectivity index (χ4v) is 3.55. The van der Waals surface area contributed by atoms with Gasteiger partial charge in [0, 0.05) is 11.5 Å². The molecule has 0 aliphatic rings. The van der Waals surface area contributed by atoms with Gasteiger partial charge < -0.3 is 5.32 Å². The Kier molecular flexibility index (Phi) is 4.57. The Morgan fingerprint density at radius 2 is 1.80 bits per heavy atom. The van der Waals surface area contributed by atoms with E-state index in [1.54, 1.807) is 43.4 Å². The second-order valence-corrected chi connectivity index (χ2v) is 6.95. The van der Waals surface area contributed by atoms with Gasteiger partial charge in [-0.3, -0.25) is 4.72 Å². The maximum Gasteiger partial charge on any atom is 0.263 e. The van der Waals surface area contributed by atoms with Gasteiger partial charge in [-0.05, 0) is 30.3 Å². The molecule has 0 unspecified atom stereocenters. The number of anilines is 2. The van der Waals surface area contributed by atoms with Gasteiger partial charge in [-0.2, -0.15) is 0 Å². The van der Waals surface area contributed by atoms with Crippen LogP contribution in [-0.4, -0.2) is 15.5 Å². The van der Waals surface area contributed by atoms with Crippen molar-refractivity contribution in [2.45, 2.75) is 4.90 Å². The highest BCUT2D eigenvalue weighted by Crippen LogP contribution is 2.29. The van der Waals surface area contributed by atoms with E-state index in [9.17, 15) is 8.42 Å². The zero-order valence-corrected chi connectivity index (χ0v) is 13.7. The maximum atomic E-state index is 12.4. The van der Waals surface area contributed by atoms with Crippen LogP contribution in [-0.2, 0) is 10.0 Å². The van der Waals surface area contributed by atoms with Gasteiger partial charge in [0.05, 0.1) is 16.4 Å². The number of halogens is 2. The quantitative estimate of drug-likeness (QED) is 0.851. The minimum Gasteiger partial charge on any atom is -0.387 e. The first-order valence-electron chi connectivity index (χ1n) is 5.68. The van der Waals surface area contributed by atoms with E-state index in [1.807, 2.05) is 0 Å². The third-order valence-electron chi connectivity index (χ3n) is 2.62. The number of nitrogens with one attached hydrogen (secondary N) is 2. The van der Waals surface area contributed by atoms with Crippen molar-refractivity contribution in [3.8, 4) is 0 Å². The van der Waals surface area contributed by atoms with Crippen molar-refractivity contribution >= 4 is 48.9 Å². The molecule has 20 heavy (non-hydrogen) atoms. The van der Waals surface area contributed by atoms with Crippen LogP contribution in [0.4, 0.5) is 11.4 Å². The van der Waals surface area contributed by atoms with Crippen LogP contribution in [0.15, 0.2) is 51.8 Å². The molecule has 4 nitrogen and oxygen atoms in total. The van der Waals surface area contributed by atoms with Gasteiger partial charge in [0.15, 0.2) is 0 Å². The SMILES string of the molecule is CNc1ccccc1S(=O)(=O)Nc1cc(Br)ccc1Cl. The molecule has 0 atom stereocenters. The third-order valence-corrected chi connectivity index (χ3v) is 4.87. The molecule has 2 aromatic rings. The summed E-state index contributed by atoms with van der Waals surface area (Å²) in [6, 6.07) is 11.6. The van der Waals surface area contributed by atoms with E-state index in [4.69, 9.17) is 11.6 Å². The normalized spacial score (nSPS) is 11.2. The van der Waals surface area contributed by atoms with Crippen molar-refractivity contribution in [2.75, 3.05) is 17.1 Å².